The summed E-state index contributed by atoms with van der Waals surface area (Å²) in [4.78, 5) is 36.6. The summed E-state index contributed by atoms with van der Waals surface area (Å²) in [6.07, 6.45) is -1.26. The second-order valence-electron chi connectivity index (χ2n) is 5.50. The van der Waals surface area contributed by atoms with Crippen LogP contribution in [0.3, 0.4) is 0 Å². The zero-order valence-corrected chi connectivity index (χ0v) is 15.2. The molecule has 3 amide bonds. The van der Waals surface area contributed by atoms with Crippen LogP contribution in [0, 0.1) is 0 Å². The number of esters is 1. The Labute approximate surface area is 157 Å². The Balaban J connectivity index is 2.17. The number of urea groups is 1. The van der Waals surface area contributed by atoms with Crippen molar-refractivity contribution in [1.82, 2.24) is 10.6 Å². The summed E-state index contributed by atoms with van der Waals surface area (Å²) in [7, 11) is 0. The van der Waals surface area contributed by atoms with Crippen molar-refractivity contribution in [2.45, 2.75) is 20.0 Å². The molecule has 27 heavy (non-hydrogen) atoms. The molecule has 0 bridgehead atoms. The van der Waals surface area contributed by atoms with Crippen molar-refractivity contribution in [3.05, 3.63) is 65.7 Å². The van der Waals surface area contributed by atoms with Gasteiger partial charge in [0.1, 0.15) is 5.75 Å². The second kappa shape index (κ2) is 9.96. The van der Waals surface area contributed by atoms with Crippen molar-refractivity contribution in [2.24, 2.45) is 0 Å². The second-order valence-corrected chi connectivity index (χ2v) is 5.50. The Hall–Kier alpha value is -3.35. The molecule has 0 heterocycles. The van der Waals surface area contributed by atoms with Crippen LogP contribution in [-0.4, -0.2) is 31.1 Å². The van der Waals surface area contributed by atoms with Gasteiger partial charge in [0, 0.05) is 12.1 Å². The number of rotatable bonds is 7. The SMILES string of the molecule is CCNC(=O)NC(=O)[C@@H](OC(=O)c1ccc(OCC)cc1)c1ccccc1. The van der Waals surface area contributed by atoms with Gasteiger partial charge in [0.25, 0.3) is 5.91 Å². The van der Waals surface area contributed by atoms with Gasteiger partial charge >= 0.3 is 12.0 Å². The Kier molecular flexibility index (Phi) is 7.37. The molecule has 0 saturated carbocycles. The van der Waals surface area contributed by atoms with Crippen LogP contribution in [0.1, 0.15) is 35.9 Å². The Morgan fingerprint density at radius 2 is 1.63 bits per heavy atom. The number of ether oxygens (including phenoxy) is 2. The Morgan fingerprint density at radius 3 is 2.22 bits per heavy atom. The van der Waals surface area contributed by atoms with Crippen LogP contribution in [-0.2, 0) is 9.53 Å². The molecular formula is C20H22N2O5. The maximum atomic E-state index is 12.5. The predicted molar refractivity (Wildman–Crippen MR) is 99.4 cm³/mol. The van der Waals surface area contributed by atoms with Gasteiger partial charge in [0.15, 0.2) is 0 Å². The number of carbonyl (C=O) groups is 3. The van der Waals surface area contributed by atoms with E-state index < -0.39 is 24.0 Å². The van der Waals surface area contributed by atoms with Crippen LogP contribution >= 0.6 is 0 Å². The maximum absolute atomic E-state index is 12.5. The number of carbonyl (C=O) groups excluding carboxylic acids is 3. The third-order valence-corrected chi connectivity index (χ3v) is 3.54. The topological polar surface area (TPSA) is 93.7 Å². The molecule has 1 atom stereocenters. The highest BCUT2D eigenvalue weighted by Gasteiger charge is 2.27. The normalized spacial score (nSPS) is 11.2. The van der Waals surface area contributed by atoms with Gasteiger partial charge in [-0.2, -0.15) is 0 Å². The van der Waals surface area contributed by atoms with Gasteiger partial charge in [-0.3, -0.25) is 10.1 Å². The van der Waals surface area contributed by atoms with Crippen LogP contribution < -0.4 is 15.4 Å². The summed E-state index contributed by atoms with van der Waals surface area (Å²) in [5.74, 6) is -0.785. The largest absolute Gasteiger partial charge is 0.494 e. The van der Waals surface area contributed by atoms with Crippen LogP contribution in [0.4, 0.5) is 4.79 Å². The van der Waals surface area contributed by atoms with Crippen LogP contribution in [0.15, 0.2) is 54.6 Å². The number of nitrogens with one attached hydrogen (secondary N) is 2. The van der Waals surface area contributed by atoms with E-state index in [9.17, 15) is 14.4 Å². The highest BCUT2D eigenvalue weighted by molar-refractivity contribution is 5.99. The van der Waals surface area contributed by atoms with E-state index in [1.54, 1.807) is 61.5 Å². The first-order valence-corrected chi connectivity index (χ1v) is 8.62. The van der Waals surface area contributed by atoms with Gasteiger partial charge in [-0.05, 0) is 38.1 Å². The fourth-order valence-corrected chi connectivity index (χ4v) is 2.31. The standard InChI is InChI=1S/C20H22N2O5/c1-3-21-20(25)22-18(23)17(14-8-6-5-7-9-14)27-19(24)15-10-12-16(13-11-15)26-4-2/h5-13,17H,3-4H2,1-2H3,(H2,21,22,23,25)/t17-/m0/s1. The maximum Gasteiger partial charge on any atom is 0.339 e. The third kappa shape index (κ3) is 5.85. The van der Waals surface area contributed by atoms with Gasteiger partial charge in [0.05, 0.1) is 12.2 Å². The minimum absolute atomic E-state index is 0.269. The molecular weight excluding hydrogens is 348 g/mol. The lowest BCUT2D eigenvalue weighted by Crippen LogP contribution is -2.42. The minimum Gasteiger partial charge on any atom is -0.494 e. The first-order valence-electron chi connectivity index (χ1n) is 8.62. The Bertz CT molecular complexity index is 775. The lowest BCUT2D eigenvalue weighted by atomic mass is 10.1. The van der Waals surface area contributed by atoms with Gasteiger partial charge in [0.2, 0.25) is 6.10 Å². The van der Waals surface area contributed by atoms with Crippen molar-refractivity contribution in [1.29, 1.82) is 0 Å². The van der Waals surface area contributed by atoms with Crippen molar-refractivity contribution in [2.75, 3.05) is 13.2 Å². The van der Waals surface area contributed by atoms with E-state index in [1.165, 1.54) is 0 Å². The first-order chi connectivity index (χ1) is 13.0. The molecule has 2 rings (SSSR count). The number of benzene rings is 2. The molecule has 0 unspecified atom stereocenters. The average Bonchev–Trinajstić information content (AvgIpc) is 2.67. The first kappa shape index (κ1) is 20.0. The van der Waals surface area contributed by atoms with E-state index in [0.29, 0.717) is 24.5 Å². The quantitative estimate of drug-likeness (QED) is 0.731. The fraction of sp³-hybridized carbons (Fsp3) is 0.250. The molecule has 0 radical (unpaired) electrons. The molecule has 7 nitrogen and oxygen atoms in total. The van der Waals surface area contributed by atoms with Crippen LogP contribution in [0.2, 0.25) is 0 Å². The molecule has 2 N–H and O–H groups in total. The summed E-state index contributed by atoms with van der Waals surface area (Å²) < 4.78 is 10.7. The van der Waals surface area contributed by atoms with Gasteiger partial charge in [-0.25, -0.2) is 9.59 Å². The number of imide groups is 1. The highest BCUT2D eigenvalue weighted by atomic mass is 16.5. The van der Waals surface area contributed by atoms with E-state index in [-0.39, 0.29) is 5.56 Å². The van der Waals surface area contributed by atoms with E-state index in [1.807, 2.05) is 6.92 Å². The van der Waals surface area contributed by atoms with Gasteiger partial charge < -0.3 is 14.8 Å². The lowest BCUT2D eigenvalue weighted by molar-refractivity contribution is -0.129. The van der Waals surface area contributed by atoms with Crippen molar-refractivity contribution in [3.8, 4) is 5.75 Å². The summed E-state index contributed by atoms with van der Waals surface area (Å²) in [6, 6.07) is 14.2. The van der Waals surface area contributed by atoms with Crippen LogP contribution in [0.25, 0.3) is 0 Å². The molecule has 0 aromatic heterocycles. The molecule has 7 heteroatoms. The molecule has 2 aromatic carbocycles. The molecule has 0 spiro atoms. The average molecular weight is 370 g/mol. The smallest absolute Gasteiger partial charge is 0.339 e. The number of hydrogen-bond donors (Lipinski definition) is 2. The van der Waals surface area contributed by atoms with E-state index >= 15 is 0 Å². The minimum atomic E-state index is -1.26. The van der Waals surface area contributed by atoms with Gasteiger partial charge in [-0.15, -0.1) is 0 Å². The molecule has 0 saturated heterocycles. The zero-order chi connectivity index (χ0) is 19.6. The molecule has 0 aliphatic heterocycles. The van der Waals surface area contributed by atoms with E-state index in [2.05, 4.69) is 10.6 Å². The monoisotopic (exact) mass is 370 g/mol. The molecule has 142 valence electrons. The highest BCUT2D eigenvalue weighted by Crippen LogP contribution is 2.21. The van der Waals surface area contributed by atoms with Crippen LogP contribution in [0.5, 0.6) is 5.75 Å². The van der Waals surface area contributed by atoms with E-state index in [0.717, 1.165) is 0 Å². The Morgan fingerprint density at radius 1 is 0.963 bits per heavy atom. The summed E-state index contributed by atoms with van der Waals surface area (Å²) in [5.41, 5.74) is 0.726. The van der Waals surface area contributed by atoms with Crippen molar-refractivity contribution < 1.29 is 23.9 Å². The molecule has 2 aromatic rings. The predicted octanol–water partition coefficient (Wildman–Crippen LogP) is 2.83. The zero-order valence-electron chi connectivity index (χ0n) is 15.2. The molecule has 0 aliphatic carbocycles. The number of hydrogen-bond acceptors (Lipinski definition) is 5. The third-order valence-electron chi connectivity index (χ3n) is 3.54. The van der Waals surface area contributed by atoms with Crippen molar-refractivity contribution >= 4 is 17.9 Å². The molecule has 0 aliphatic rings. The van der Waals surface area contributed by atoms with E-state index in [4.69, 9.17) is 9.47 Å². The van der Waals surface area contributed by atoms with Gasteiger partial charge in [-0.1, -0.05) is 30.3 Å². The summed E-state index contributed by atoms with van der Waals surface area (Å²) in [5, 5.41) is 4.64. The number of amides is 3. The van der Waals surface area contributed by atoms with Crippen molar-refractivity contribution in [3.63, 3.8) is 0 Å². The molecule has 0 fully saturated rings. The summed E-state index contributed by atoms with van der Waals surface area (Å²) >= 11 is 0. The lowest BCUT2D eigenvalue weighted by Gasteiger charge is -2.18. The fourth-order valence-electron chi connectivity index (χ4n) is 2.31. The summed E-state index contributed by atoms with van der Waals surface area (Å²) in [6.45, 7) is 4.46.